The maximum Gasteiger partial charge on any atom is 0.251 e. The summed E-state index contributed by atoms with van der Waals surface area (Å²) < 4.78 is 4.08. The first-order chi connectivity index (χ1) is 16.1. The van der Waals surface area contributed by atoms with Gasteiger partial charge >= 0.3 is 0 Å². The molecule has 1 fully saturated rings. The number of nitrogens with one attached hydrogen (secondary N) is 1. The van der Waals surface area contributed by atoms with Crippen molar-refractivity contribution in [3.63, 3.8) is 0 Å². The molecule has 0 aliphatic heterocycles. The third kappa shape index (κ3) is 4.08. The first-order valence-electron chi connectivity index (χ1n) is 11.6. The molecule has 170 valence electrons. The molecule has 0 spiro atoms. The molecule has 0 saturated heterocycles. The second-order valence-corrected chi connectivity index (χ2v) is 8.39. The number of aryl methyl sites for hydroxylation is 1. The highest BCUT2D eigenvalue weighted by Gasteiger charge is 2.28. The van der Waals surface area contributed by atoms with E-state index in [1.54, 1.807) is 7.05 Å². The molecule has 1 saturated carbocycles. The molecule has 1 N–H and O–H groups in total. The van der Waals surface area contributed by atoms with Gasteiger partial charge in [0.1, 0.15) is 11.6 Å². The van der Waals surface area contributed by atoms with Crippen LogP contribution in [0.4, 0.5) is 5.82 Å². The monoisotopic (exact) mass is 443 g/mol. The Hall–Kier alpha value is -3.68. The van der Waals surface area contributed by atoms with Gasteiger partial charge in [-0.05, 0) is 63.1 Å². The van der Waals surface area contributed by atoms with Crippen LogP contribution in [-0.2, 0) is 13.1 Å². The molecule has 3 heterocycles. The number of fused-ring (bicyclic) bond motifs is 1. The summed E-state index contributed by atoms with van der Waals surface area (Å²) in [4.78, 5) is 24.2. The van der Waals surface area contributed by atoms with Crippen molar-refractivity contribution in [2.45, 2.75) is 45.8 Å². The van der Waals surface area contributed by atoms with E-state index in [4.69, 9.17) is 9.97 Å². The highest BCUT2D eigenvalue weighted by atomic mass is 16.1. The smallest absolute Gasteiger partial charge is 0.251 e. The highest BCUT2D eigenvalue weighted by Crippen LogP contribution is 2.32. The SMILES string of the molecule is CCN(c1ccc(-c2nc3cc(C(=O)NC)ccc3n2Cc2ccn(CC)n2)cn1)C1CC1. The third-order valence-electron chi connectivity index (χ3n) is 6.21. The van der Waals surface area contributed by atoms with Crippen LogP contribution in [0, 0.1) is 0 Å². The zero-order valence-electron chi connectivity index (χ0n) is 19.3. The Morgan fingerprint density at radius 2 is 2.03 bits per heavy atom. The minimum Gasteiger partial charge on any atom is -0.355 e. The van der Waals surface area contributed by atoms with Crippen molar-refractivity contribution < 1.29 is 4.79 Å². The van der Waals surface area contributed by atoms with E-state index in [0.717, 1.165) is 47.0 Å². The molecule has 8 nitrogen and oxygen atoms in total. The minimum atomic E-state index is -0.125. The second-order valence-electron chi connectivity index (χ2n) is 8.39. The van der Waals surface area contributed by atoms with Gasteiger partial charge in [-0.3, -0.25) is 9.48 Å². The first-order valence-corrected chi connectivity index (χ1v) is 11.6. The van der Waals surface area contributed by atoms with Crippen molar-refractivity contribution in [3.8, 4) is 11.4 Å². The number of pyridine rings is 1. The summed E-state index contributed by atoms with van der Waals surface area (Å²) in [5, 5.41) is 7.34. The molecule has 4 aromatic rings. The second kappa shape index (κ2) is 8.69. The Bertz CT molecular complexity index is 1280. The molecule has 1 aliphatic carbocycles. The molecular weight excluding hydrogens is 414 g/mol. The molecule has 0 atom stereocenters. The zero-order chi connectivity index (χ0) is 22.9. The Balaban J connectivity index is 1.57. The van der Waals surface area contributed by atoms with Gasteiger partial charge in [0.2, 0.25) is 0 Å². The molecule has 1 aliphatic rings. The number of amides is 1. The van der Waals surface area contributed by atoms with Crippen molar-refractivity contribution in [1.82, 2.24) is 29.6 Å². The Labute approximate surface area is 193 Å². The molecule has 33 heavy (non-hydrogen) atoms. The number of nitrogens with zero attached hydrogens (tertiary/aromatic N) is 6. The molecule has 0 radical (unpaired) electrons. The minimum absolute atomic E-state index is 0.125. The van der Waals surface area contributed by atoms with Gasteiger partial charge in [-0.1, -0.05) is 0 Å². The average molecular weight is 444 g/mol. The van der Waals surface area contributed by atoms with Crippen LogP contribution in [0.15, 0.2) is 48.8 Å². The number of hydrogen-bond donors (Lipinski definition) is 1. The van der Waals surface area contributed by atoms with Gasteiger partial charge in [0, 0.05) is 49.7 Å². The van der Waals surface area contributed by atoms with Gasteiger partial charge in [-0.25, -0.2) is 9.97 Å². The molecule has 0 unspecified atom stereocenters. The van der Waals surface area contributed by atoms with E-state index in [0.29, 0.717) is 18.2 Å². The largest absolute Gasteiger partial charge is 0.355 e. The fourth-order valence-electron chi connectivity index (χ4n) is 4.30. The third-order valence-corrected chi connectivity index (χ3v) is 6.21. The quantitative estimate of drug-likeness (QED) is 0.449. The zero-order valence-corrected chi connectivity index (χ0v) is 19.3. The molecule has 0 bridgehead atoms. The molecule has 8 heteroatoms. The van der Waals surface area contributed by atoms with Crippen LogP contribution in [0.2, 0.25) is 0 Å². The standard InChI is InChI=1S/C25H29N7O/c1-4-30-13-12-19(29-30)16-32-22-10-6-17(25(33)26-3)14-21(22)28-24(32)18-7-11-23(27-15-18)31(5-2)20-8-9-20/h6-7,10-15,20H,4-5,8-9,16H2,1-3H3,(H,26,33). The maximum absolute atomic E-state index is 12.2. The van der Waals surface area contributed by atoms with Crippen LogP contribution in [-0.4, -0.2) is 49.9 Å². The van der Waals surface area contributed by atoms with Crippen LogP contribution < -0.4 is 10.2 Å². The molecular formula is C25H29N7O. The van der Waals surface area contributed by atoms with Crippen molar-refractivity contribution in [2.75, 3.05) is 18.5 Å². The van der Waals surface area contributed by atoms with E-state index in [9.17, 15) is 4.79 Å². The Morgan fingerprint density at radius 3 is 2.67 bits per heavy atom. The molecule has 1 amide bonds. The van der Waals surface area contributed by atoms with E-state index in [1.807, 2.05) is 41.3 Å². The molecule has 1 aromatic carbocycles. The van der Waals surface area contributed by atoms with Crippen molar-refractivity contribution in [1.29, 1.82) is 0 Å². The number of carbonyl (C=O) groups excluding carboxylic acids is 1. The maximum atomic E-state index is 12.2. The Morgan fingerprint density at radius 1 is 1.18 bits per heavy atom. The first kappa shape index (κ1) is 21.2. The fourth-order valence-corrected chi connectivity index (χ4v) is 4.30. The number of rotatable bonds is 8. The lowest BCUT2D eigenvalue weighted by molar-refractivity contribution is 0.0963. The molecule has 3 aromatic heterocycles. The number of aromatic nitrogens is 5. The van der Waals surface area contributed by atoms with E-state index in [2.05, 4.69) is 45.9 Å². The summed E-state index contributed by atoms with van der Waals surface area (Å²) in [7, 11) is 1.63. The van der Waals surface area contributed by atoms with Gasteiger partial charge in [0.25, 0.3) is 5.91 Å². The highest BCUT2D eigenvalue weighted by molar-refractivity contribution is 5.97. The van der Waals surface area contributed by atoms with Gasteiger partial charge in [-0.2, -0.15) is 5.10 Å². The van der Waals surface area contributed by atoms with Gasteiger partial charge in [0.05, 0.1) is 23.3 Å². The summed E-state index contributed by atoms with van der Waals surface area (Å²) in [5.74, 6) is 1.70. The Kier molecular flexibility index (Phi) is 5.58. The normalized spacial score (nSPS) is 13.4. The van der Waals surface area contributed by atoms with E-state index >= 15 is 0 Å². The number of imidazole rings is 1. The summed E-state index contributed by atoms with van der Waals surface area (Å²) in [6.45, 7) is 6.62. The number of benzene rings is 1. The van der Waals surface area contributed by atoms with Crippen LogP contribution >= 0.6 is 0 Å². The average Bonchev–Trinajstić information content (AvgIpc) is 3.47. The van der Waals surface area contributed by atoms with Gasteiger partial charge in [-0.15, -0.1) is 0 Å². The van der Waals surface area contributed by atoms with Gasteiger partial charge < -0.3 is 14.8 Å². The van der Waals surface area contributed by atoms with Crippen molar-refractivity contribution in [2.24, 2.45) is 0 Å². The van der Waals surface area contributed by atoms with Crippen LogP contribution in [0.5, 0.6) is 0 Å². The summed E-state index contributed by atoms with van der Waals surface area (Å²) in [6, 6.07) is 12.5. The predicted octanol–water partition coefficient (Wildman–Crippen LogP) is 3.71. The van der Waals surface area contributed by atoms with E-state index in [-0.39, 0.29) is 5.91 Å². The van der Waals surface area contributed by atoms with Gasteiger partial charge in [0.15, 0.2) is 0 Å². The fraction of sp³-hybridized carbons (Fsp3) is 0.360. The number of anilines is 1. The number of carbonyl (C=O) groups is 1. The van der Waals surface area contributed by atoms with E-state index in [1.165, 1.54) is 12.8 Å². The summed E-state index contributed by atoms with van der Waals surface area (Å²) >= 11 is 0. The summed E-state index contributed by atoms with van der Waals surface area (Å²) in [6.07, 6.45) is 6.38. The van der Waals surface area contributed by atoms with Crippen molar-refractivity contribution >= 4 is 22.8 Å². The van der Waals surface area contributed by atoms with Crippen molar-refractivity contribution in [3.05, 3.63) is 60.0 Å². The lowest BCUT2D eigenvalue weighted by Gasteiger charge is -2.21. The number of hydrogen-bond acceptors (Lipinski definition) is 5. The summed E-state index contributed by atoms with van der Waals surface area (Å²) in [5.41, 5.74) is 4.23. The van der Waals surface area contributed by atoms with E-state index < -0.39 is 0 Å². The lowest BCUT2D eigenvalue weighted by atomic mass is 10.2. The predicted molar refractivity (Wildman–Crippen MR) is 129 cm³/mol. The topological polar surface area (TPSA) is 80.9 Å². The van der Waals surface area contributed by atoms with Crippen LogP contribution in [0.3, 0.4) is 0 Å². The lowest BCUT2D eigenvalue weighted by Crippen LogP contribution is -2.25. The van der Waals surface area contributed by atoms with Crippen LogP contribution in [0.1, 0.15) is 42.7 Å². The molecule has 5 rings (SSSR count). The van der Waals surface area contributed by atoms with Crippen LogP contribution in [0.25, 0.3) is 22.4 Å².